The zero-order valence-corrected chi connectivity index (χ0v) is 19.1. The van der Waals surface area contributed by atoms with E-state index in [1.54, 1.807) is 28.1 Å². The molecule has 2 aromatic carbocycles. The second-order valence-electron chi connectivity index (χ2n) is 6.32. The summed E-state index contributed by atoms with van der Waals surface area (Å²) in [6, 6.07) is 14.7. The first-order valence-corrected chi connectivity index (χ1v) is 11.6. The zero-order chi connectivity index (χ0) is 21.9. The highest BCUT2D eigenvalue weighted by atomic mass is 33.1. The number of para-hydroxylation sites is 2. The lowest BCUT2D eigenvalue weighted by molar-refractivity contribution is -0.144. The summed E-state index contributed by atoms with van der Waals surface area (Å²) in [5.41, 5.74) is 1.60. The minimum atomic E-state index is -0.436. The Balaban J connectivity index is 1.75. The Hall–Kier alpha value is -2.32. The molecule has 0 fully saturated rings. The summed E-state index contributed by atoms with van der Waals surface area (Å²) in [5.74, 6) is 0.638. The Morgan fingerprint density at radius 2 is 1.10 bits per heavy atom. The van der Waals surface area contributed by atoms with Gasteiger partial charge in [0.1, 0.15) is 35.2 Å². The molecule has 2 unspecified atom stereocenters. The number of benzene rings is 2. The summed E-state index contributed by atoms with van der Waals surface area (Å²) in [7, 11) is 5.71. The van der Waals surface area contributed by atoms with Gasteiger partial charge in [-0.05, 0) is 26.0 Å². The van der Waals surface area contributed by atoms with Crippen LogP contribution in [0.15, 0.2) is 48.5 Å². The fraction of sp³-hybridized carbons (Fsp3) is 0.364. The fourth-order valence-corrected chi connectivity index (χ4v) is 4.52. The van der Waals surface area contributed by atoms with Crippen molar-refractivity contribution in [2.45, 2.75) is 37.6 Å². The van der Waals surface area contributed by atoms with Crippen LogP contribution in [0.1, 0.15) is 25.0 Å². The van der Waals surface area contributed by atoms with Crippen molar-refractivity contribution >= 4 is 33.5 Å². The Morgan fingerprint density at radius 3 is 1.47 bits per heavy atom. The van der Waals surface area contributed by atoms with Gasteiger partial charge < -0.3 is 18.9 Å². The van der Waals surface area contributed by atoms with E-state index in [0.29, 0.717) is 11.5 Å². The third-order valence-corrected chi connectivity index (χ3v) is 7.27. The normalized spacial score (nSPS) is 12.5. The molecule has 2 aromatic rings. The van der Waals surface area contributed by atoms with Crippen LogP contribution in [-0.4, -0.2) is 36.7 Å². The lowest BCUT2D eigenvalue weighted by atomic mass is 10.2. The van der Waals surface area contributed by atoms with Gasteiger partial charge in [0, 0.05) is 11.1 Å². The number of carbonyl (C=O) groups is 2. The number of carbonyl (C=O) groups excluding carboxylic acids is 2. The van der Waals surface area contributed by atoms with Crippen molar-refractivity contribution in [3.63, 3.8) is 0 Å². The van der Waals surface area contributed by atoms with Crippen LogP contribution in [-0.2, 0) is 32.3 Å². The molecule has 0 saturated carbocycles. The molecule has 2 atom stereocenters. The maximum Gasteiger partial charge on any atom is 0.319 e. The van der Waals surface area contributed by atoms with Gasteiger partial charge in [-0.15, -0.1) is 0 Å². The van der Waals surface area contributed by atoms with E-state index in [9.17, 15) is 9.59 Å². The van der Waals surface area contributed by atoms with Crippen LogP contribution in [0, 0.1) is 0 Å². The largest absolute Gasteiger partial charge is 0.496 e. The third-order valence-electron chi connectivity index (χ3n) is 4.13. The molecule has 2 rings (SSSR count). The van der Waals surface area contributed by atoms with Crippen LogP contribution in [0.25, 0.3) is 0 Å². The number of rotatable bonds is 11. The van der Waals surface area contributed by atoms with E-state index in [0.717, 1.165) is 11.1 Å². The molecule has 0 bridgehead atoms. The fourth-order valence-electron chi connectivity index (χ4n) is 2.42. The SMILES string of the molecule is COc1ccccc1COC(=O)C(C)SSC(C)C(=O)OCc1ccccc1OC. The number of esters is 2. The lowest BCUT2D eigenvalue weighted by Crippen LogP contribution is -2.19. The molecular weight excluding hydrogens is 424 g/mol. The van der Waals surface area contributed by atoms with Gasteiger partial charge in [-0.3, -0.25) is 9.59 Å². The quantitative estimate of drug-likeness (QED) is 0.362. The van der Waals surface area contributed by atoms with Crippen molar-refractivity contribution in [2.75, 3.05) is 14.2 Å². The molecule has 6 nitrogen and oxygen atoms in total. The highest BCUT2D eigenvalue weighted by Gasteiger charge is 2.22. The molecule has 162 valence electrons. The molecule has 0 aromatic heterocycles. The van der Waals surface area contributed by atoms with Crippen molar-refractivity contribution in [1.82, 2.24) is 0 Å². The van der Waals surface area contributed by atoms with Crippen LogP contribution >= 0.6 is 21.6 Å². The first-order chi connectivity index (χ1) is 14.5. The number of hydrogen-bond acceptors (Lipinski definition) is 8. The summed E-state index contributed by atoms with van der Waals surface area (Å²) in [6.45, 7) is 3.76. The molecule has 0 heterocycles. The van der Waals surface area contributed by atoms with Crippen LogP contribution in [0.5, 0.6) is 11.5 Å². The van der Waals surface area contributed by atoms with E-state index in [2.05, 4.69) is 0 Å². The molecule has 0 spiro atoms. The molecule has 0 amide bonds. The second kappa shape index (κ2) is 12.4. The molecule has 0 saturated heterocycles. The second-order valence-corrected chi connectivity index (χ2v) is 9.27. The van der Waals surface area contributed by atoms with Crippen LogP contribution in [0.4, 0.5) is 0 Å². The van der Waals surface area contributed by atoms with Crippen LogP contribution in [0.3, 0.4) is 0 Å². The Kier molecular flexibility index (Phi) is 9.89. The summed E-state index contributed by atoms with van der Waals surface area (Å²) in [4.78, 5) is 24.5. The summed E-state index contributed by atoms with van der Waals surface area (Å²) in [6.07, 6.45) is 0. The molecule has 0 aliphatic rings. The topological polar surface area (TPSA) is 71.1 Å². The number of methoxy groups -OCH3 is 2. The van der Waals surface area contributed by atoms with E-state index in [4.69, 9.17) is 18.9 Å². The van der Waals surface area contributed by atoms with Crippen LogP contribution in [0.2, 0.25) is 0 Å². The molecular formula is C22H26O6S2. The molecule has 0 aliphatic carbocycles. The monoisotopic (exact) mass is 450 g/mol. The highest BCUT2D eigenvalue weighted by Crippen LogP contribution is 2.32. The van der Waals surface area contributed by atoms with Crippen molar-refractivity contribution < 1.29 is 28.5 Å². The van der Waals surface area contributed by atoms with E-state index < -0.39 is 10.5 Å². The third kappa shape index (κ3) is 7.18. The van der Waals surface area contributed by atoms with E-state index in [1.165, 1.54) is 21.6 Å². The molecule has 0 radical (unpaired) electrons. The van der Waals surface area contributed by atoms with E-state index in [1.807, 2.05) is 48.5 Å². The maximum atomic E-state index is 12.3. The Morgan fingerprint density at radius 1 is 0.733 bits per heavy atom. The first-order valence-electron chi connectivity index (χ1n) is 9.35. The number of ether oxygens (including phenoxy) is 4. The van der Waals surface area contributed by atoms with Crippen molar-refractivity contribution in [1.29, 1.82) is 0 Å². The van der Waals surface area contributed by atoms with Crippen molar-refractivity contribution in [2.24, 2.45) is 0 Å². The standard InChI is InChI=1S/C22H26O6S2/c1-15(21(23)27-13-17-9-5-7-11-19(17)25-3)29-30-16(2)22(24)28-14-18-10-6-8-12-20(18)26-4/h5-12,15-16H,13-14H2,1-4H3. The molecule has 30 heavy (non-hydrogen) atoms. The minimum Gasteiger partial charge on any atom is -0.496 e. The zero-order valence-electron chi connectivity index (χ0n) is 17.5. The smallest absolute Gasteiger partial charge is 0.319 e. The average molecular weight is 451 g/mol. The maximum absolute atomic E-state index is 12.3. The predicted octanol–water partition coefficient (Wildman–Crippen LogP) is 4.65. The van der Waals surface area contributed by atoms with E-state index >= 15 is 0 Å². The summed E-state index contributed by atoms with van der Waals surface area (Å²) < 4.78 is 21.3. The summed E-state index contributed by atoms with van der Waals surface area (Å²) in [5, 5.41) is -0.872. The van der Waals surface area contributed by atoms with Gasteiger partial charge in [0.25, 0.3) is 0 Å². The highest BCUT2D eigenvalue weighted by molar-refractivity contribution is 8.77. The van der Waals surface area contributed by atoms with Crippen LogP contribution < -0.4 is 9.47 Å². The molecule has 0 aliphatic heterocycles. The molecule has 0 N–H and O–H groups in total. The molecule has 8 heteroatoms. The van der Waals surface area contributed by atoms with Gasteiger partial charge >= 0.3 is 11.9 Å². The van der Waals surface area contributed by atoms with Gasteiger partial charge in [0.15, 0.2) is 0 Å². The van der Waals surface area contributed by atoms with Gasteiger partial charge in [0.05, 0.1) is 14.2 Å². The lowest BCUT2D eigenvalue weighted by Gasteiger charge is -2.15. The first kappa shape index (κ1) is 24.0. The number of hydrogen-bond donors (Lipinski definition) is 0. The Bertz CT molecular complexity index is 772. The summed E-state index contributed by atoms with van der Waals surface area (Å²) >= 11 is 0. The van der Waals surface area contributed by atoms with Gasteiger partial charge in [-0.1, -0.05) is 58.0 Å². The average Bonchev–Trinajstić information content (AvgIpc) is 2.79. The predicted molar refractivity (Wildman–Crippen MR) is 120 cm³/mol. The van der Waals surface area contributed by atoms with Gasteiger partial charge in [-0.2, -0.15) is 0 Å². The van der Waals surface area contributed by atoms with Gasteiger partial charge in [0.2, 0.25) is 0 Å². The van der Waals surface area contributed by atoms with Crippen molar-refractivity contribution in [3.05, 3.63) is 59.7 Å². The minimum absolute atomic E-state index is 0.134. The van der Waals surface area contributed by atoms with Crippen molar-refractivity contribution in [3.8, 4) is 11.5 Å². The van der Waals surface area contributed by atoms with E-state index in [-0.39, 0.29) is 25.2 Å². The Labute approximate surface area is 185 Å². The van der Waals surface area contributed by atoms with Gasteiger partial charge in [-0.25, -0.2) is 0 Å².